The van der Waals surface area contributed by atoms with Gasteiger partial charge in [-0.25, -0.2) is 4.39 Å². The number of hydrogen-bond acceptors (Lipinski definition) is 5. The van der Waals surface area contributed by atoms with E-state index >= 15 is 0 Å². The molecule has 0 spiro atoms. The average molecular weight is 285 g/mol. The van der Waals surface area contributed by atoms with Gasteiger partial charge in [-0.05, 0) is 6.07 Å². The highest BCUT2D eigenvalue weighted by Gasteiger charge is 2.12. The fraction of sp³-hybridized carbons (Fsp3) is 0.462. The molecule has 0 amide bonds. The minimum Gasteiger partial charge on any atom is -0.409 e. The van der Waals surface area contributed by atoms with E-state index in [2.05, 4.69) is 10.5 Å². The molecule has 0 radical (unpaired) electrons. The minimum absolute atomic E-state index is 0.0759. The van der Waals surface area contributed by atoms with E-state index in [0.29, 0.717) is 25.3 Å². The molecule has 20 heavy (non-hydrogen) atoms. The highest BCUT2D eigenvalue weighted by atomic mass is 19.1. The van der Waals surface area contributed by atoms with E-state index in [1.54, 1.807) is 26.4 Å². The highest BCUT2D eigenvalue weighted by Crippen LogP contribution is 2.12. The maximum absolute atomic E-state index is 14.1. The molecule has 0 aliphatic carbocycles. The van der Waals surface area contributed by atoms with E-state index in [0.717, 1.165) is 0 Å². The predicted molar refractivity (Wildman–Crippen MR) is 73.3 cm³/mol. The molecular formula is C13H20FN3O3. The van der Waals surface area contributed by atoms with Crippen molar-refractivity contribution in [2.24, 2.45) is 10.9 Å². The summed E-state index contributed by atoms with van der Waals surface area (Å²) >= 11 is 0. The van der Waals surface area contributed by atoms with Gasteiger partial charge in [-0.15, -0.1) is 0 Å². The smallest absolute Gasteiger partial charge is 0.173 e. The zero-order valence-electron chi connectivity index (χ0n) is 11.6. The molecular weight excluding hydrogens is 265 g/mol. The molecule has 7 heteroatoms. The number of rotatable bonds is 8. The molecule has 0 heterocycles. The predicted octanol–water partition coefficient (Wildman–Crippen LogP) is 0.671. The third-order valence-electron chi connectivity index (χ3n) is 2.84. The molecule has 1 unspecified atom stereocenters. The second-order valence-electron chi connectivity index (χ2n) is 4.21. The number of methoxy groups -OCH3 is 2. The van der Waals surface area contributed by atoms with Gasteiger partial charge < -0.3 is 25.7 Å². The summed E-state index contributed by atoms with van der Waals surface area (Å²) < 4.78 is 24.3. The Kier molecular flexibility index (Phi) is 6.92. The van der Waals surface area contributed by atoms with Crippen LogP contribution in [0.1, 0.15) is 11.1 Å². The van der Waals surface area contributed by atoms with Gasteiger partial charge in [0.05, 0.1) is 18.3 Å². The van der Waals surface area contributed by atoms with Crippen LogP contribution in [0, 0.1) is 5.82 Å². The first-order chi connectivity index (χ1) is 9.63. The molecule has 0 fully saturated rings. The van der Waals surface area contributed by atoms with Gasteiger partial charge in [0, 0.05) is 32.9 Å². The van der Waals surface area contributed by atoms with Gasteiger partial charge in [0.1, 0.15) is 5.82 Å². The van der Waals surface area contributed by atoms with Crippen molar-refractivity contribution in [1.82, 2.24) is 5.32 Å². The lowest BCUT2D eigenvalue weighted by molar-refractivity contribution is 0.0287. The van der Waals surface area contributed by atoms with Crippen molar-refractivity contribution in [3.8, 4) is 0 Å². The minimum atomic E-state index is -0.504. The van der Waals surface area contributed by atoms with Gasteiger partial charge in [0.15, 0.2) is 5.84 Å². The van der Waals surface area contributed by atoms with Crippen LogP contribution in [0.3, 0.4) is 0 Å². The number of amidine groups is 1. The molecule has 1 aromatic carbocycles. The number of hydrogen-bond donors (Lipinski definition) is 3. The number of benzene rings is 1. The summed E-state index contributed by atoms with van der Waals surface area (Å²) in [5, 5.41) is 14.5. The number of ether oxygens (including phenoxy) is 2. The van der Waals surface area contributed by atoms with Gasteiger partial charge in [-0.1, -0.05) is 17.3 Å². The van der Waals surface area contributed by atoms with Crippen LogP contribution in [-0.2, 0) is 16.0 Å². The molecule has 0 aromatic heterocycles. The summed E-state index contributed by atoms with van der Waals surface area (Å²) in [6.45, 7) is 1.29. The number of nitrogens with two attached hydrogens (primary N) is 1. The first-order valence-electron chi connectivity index (χ1n) is 6.11. The fourth-order valence-corrected chi connectivity index (χ4v) is 1.73. The summed E-state index contributed by atoms with van der Waals surface area (Å²) in [4.78, 5) is 0. The Morgan fingerprint density at radius 3 is 2.85 bits per heavy atom. The highest BCUT2D eigenvalue weighted by molar-refractivity contribution is 5.97. The fourth-order valence-electron chi connectivity index (χ4n) is 1.73. The maximum Gasteiger partial charge on any atom is 0.173 e. The van der Waals surface area contributed by atoms with Gasteiger partial charge >= 0.3 is 0 Å². The van der Waals surface area contributed by atoms with E-state index in [1.165, 1.54) is 6.07 Å². The summed E-state index contributed by atoms with van der Waals surface area (Å²) in [7, 11) is 3.18. The molecule has 0 saturated heterocycles. The van der Waals surface area contributed by atoms with Crippen molar-refractivity contribution in [1.29, 1.82) is 0 Å². The molecule has 0 saturated carbocycles. The van der Waals surface area contributed by atoms with Crippen LogP contribution >= 0.6 is 0 Å². The van der Waals surface area contributed by atoms with Crippen molar-refractivity contribution in [3.63, 3.8) is 0 Å². The van der Waals surface area contributed by atoms with Crippen LogP contribution in [0.4, 0.5) is 4.39 Å². The summed E-state index contributed by atoms with van der Waals surface area (Å²) in [6, 6.07) is 4.74. The van der Waals surface area contributed by atoms with Gasteiger partial charge in [-0.2, -0.15) is 0 Å². The van der Waals surface area contributed by atoms with Crippen molar-refractivity contribution in [2.45, 2.75) is 12.6 Å². The molecule has 0 aliphatic rings. The van der Waals surface area contributed by atoms with Gasteiger partial charge in [0.2, 0.25) is 0 Å². The van der Waals surface area contributed by atoms with Crippen molar-refractivity contribution >= 4 is 5.84 Å². The summed E-state index contributed by atoms with van der Waals surface area (Å²) in [6.07, 6.45) is -0.102. The molecule has 1 rings (SSSR count). The molecule has 1 atom stereocenters. The number of nitrogens with zero attached hydrogens (tertiary/aromatic N) is 1. The van der Waals surface area contributed by atoms with Crippen LogP contribution in [0.5, 0.6) is 0 Å². The third-order valence-corrected chi connectivity index (χ3v) is 2.84. The van der Waals surface area contributed by atoms with E-state index in [1.807, 2.05) is 0 Å². The number of nitrogens with one attached hydrogen (secondary N) is 1. The normalized spacial score (nSPS) is 13.4. The molecule has 4 N–H and O–H groups in total. The Balaban J connectivity index is 2.65. The Morgan fingerprint density at radius 2 is 2.25 bits per heavy atom. The standard InChI is InChI=1S/C13H20FN3O3/c1-19-8-10(20-2)7-16-6-9-4-3-5-11(12(9)14)13(15)17-18/h3-5,10,16,18H,6-8H2,1-2H3,(H2,15,17). The van der Waals surface area contributed by atoms with E-state index in [4.69, 9.17) is 20.4 Å². The van der Waals surface area contributed by atoms with Crippen molar-refractivity contribution in [2.75, 3.05) is 27.4 Å². The quantitative estimate of drug-likeness (QED) is 0.283. The van der Waals surface area contributed by atoms with Crippen LogP contribution in [0.25, 0.3) is 0 Å². The summed E-state index contributed by atoms with van der Waals surface area (Å²) in [5.41, 5.74) is 5.91. The van der Waals surface area contributed by atoms with Crippen LogP contribution in [0.15, 0.2) is 23.4 Å². The average Bonchev–Trinajstić information content (AvgIpc) is 2.47. The first kappa shape index (κ1) is 16.4. The largest absolute Gasteiger partial charge is 0.409 e. The number of halogens is 1. The zero-order chi connectivity index (χ0) is 15.0. The van der Waals surface area contributed by atoms with Crippen LogP contribution < -0.4 is 11.1 Å². The maximum atomic E-state index is 14.1. The van der Waals surface area contributed by atoms with Gasteiger partial charge in [-0.3, -0.25) is 0 Å². The van der Waals surface area contributed by atoms with E-state index in [-0.39, 0.29) is 17.5 Å². The van der Waals surface area contributed by atoms with E-state index < -0.39 is 5.82 Å². The third kappa shape index (κ3) is 4.44. The Morgan fingerprint density at radius 1 is 1.50 bits per heavy atom. The lowest BCUT2D eigenvalue weighted by Crippen LogP contribution is -2.31. The molecule has 6 nitrogen and oxygen atoms in total. The molecule has 1 aromatic rings. The van der Waals surface area contributed by atoms with Crippen LogP contribution in [0.2, 0.25) is 0 Å². The Bertz CT molecular complexity index is 454. The lowest BCUT2D eigenvalue weighted by Gasteiger charge is -2.15. The van der Waals surface area contributed by atoms with Crippen molar-refractivity contribution < 1.29 is 19.1 Å². The van der Waals surface area contributed by atoms with Gasteiger partial charge in [0.25, 0.3) is 0 Å². The summed E-state index contributed by atoms with van der Waals surface area (Å²) in [5.74, 6) is -0.755. The second-order valence-corrected chi connectivity index (χ2v) is 4.21. The molecule has 112 valence electrons. The second kappa shape index (κ2) is 8.47. The Labute approximate surface area is 117 Å². The monoisotopic (exact) mass is 285 g/mol. The molecule has 0 aliphatic heterocycles. The molecule has 0 bridgehead atoms. The topological polar surface area (TPSA) is 89.1 Å². The lowest BCUT2D eigenvalue weighted by atomic mass is 10.1. The van der Waals surface area contributed by atoms with Crippen LogP contribution in [-0.4, -0.2) is 44.5 Å². The SMILES string of the molecule is COCC(CNCc1cccc(/C(N)=N/O)c1F)OC. The Hall–Kier alpha value is -1.70. The zero-order valence-corrected chi connectivity index (χ0v) is 11.6. The van der Waals surface area contributed by atoms with E-state index in [9.17, 15) is 4.39 Å². The number of oxime groups is 1. The van der Waals surface area contributed by atoms with Crippen molar-refractivity contribution in [3.05, 3.63) is 35.1 Å². The first-order valence-corrected chi connectivity index (χ1v) is 6.11.